The molecular weight excluding hydrogens is 236 g/mol. The maximum atomic E-state index is 11.8. The normalized spacial score (nSPS) is 19.2. The first-order valence-electron chi connectivity index (χ1n) is 5.88. The minimum absolute atomic E-state index is 0.0300. The molecule has 1 aromatic heterocycles. The second-order valence-corrected chi connectivity index (χ2v) is 5.12. The van der Waals surface area contributed by atoms with Gasteiger partial charge in [-0.05, 0) is 31.1 Å². The molecule has 1 saturated heterocycles. The average molecular weight is 254 g/mol. The summed E-state index contributed by atoms with van der Waals surface area (Å²) >= 11 is 4.44. The minimum Gasteiger partial charge on any atom is -0.381 e. The molecule has 0 radical (unpaired) electrons. The lowest BCUT2D eigenvalue weighted by Crippen LogP contribution is -2.39. The first-order chi connectivity index (χ1) is 8.15. The van der Waals surface area contributed by atoms with E-state index in [-0.39, 0.29) is 11.0 Å². The third-order valence-corrected chi connectivity index (χ3v) is 4.05. The van der Waals surface area contributed by atoms with Crippen LogP contribution < -0.4 is 5.56 Å². The lowest BCUT2D eigenvalue weighted by Gasteiger charge is -2.35. The van der Waals surface area contributed by atoms with E-state index in [1.165, 1.54) is 0 Å². The summed E-state index contributed by atoms with van der Waals surface area (Å²) in [5, 5.41) is 4.19. The topological polar surface area (TPSA) is 44.1 Å². The number of rotatable bonds is 3. The highest BCUT2D eigenvalue weighted by Crippen LogP contribution is 2.32. The first-order valence-corrected chi connectivity index (χ1v) is 6.51. The molecule has 0 bridgehead atoms. The Morgan fingerprint density at radius 2 is 2.24 bits per heavy atom. The molecule has 1 aliphatic rings. The summed E-state index contributed by atoms with van der Waals surface area (Å²) in [5.41, 5.74) is 0.920. The van der Waals surface area contributed by atoms with Crippen molar-refractivity contribution in [3.63, 3.8) is 0 Å². The van der Waals surface area contributed by atoms with Crippen molar-refractivity contribution in [2.24, 2.45) is 5.41 Å². The average Bonchev–Trinajstić information content (AvgIpc) is 2.34. The van der Waals surface area contributed by atoms with Crippen LogP contribution in [0.25, 0.3) is 0 Å². The maximum absolute atomic E-state index is 11.8. The summed E-state index contributed by atoms with van der Waals surface area (Å²) in [6.07, 6.45) is 3.62. The third-order valence-electron chi connectivity index (χ3n) is 3.38. The van der Waals surface area contributed by atoms with Crippen LogP contribution in [0, 0.1) is 12.3 Å². The Kier molecular flexibility index (Phi) is 3.89. The van der Waals surface area contributed by atoms with Gasteiger partial charge in [0.2, 0.25) is 0 Å². The van der Waals surface area contributed by atoms with E-state index in [1.54, 1.807) is 16.9 Å². The molecule has 0 atom stereocenters. The van der Waals surface area contributed by atoms with Crippen molar-refractivity contribution >= 4 is 12.6 Å². The van der Waals surface area contributed by atoms with Crippen molar-refractivity contribution in [3.05, 3.63) is 28.2 Å². The van der Waals surface area contributed by atoms with Crippen LogP contribution in [0.5, 0.6) is 0 Å². The van der Waals surface area contributed by atoms with Crippen LogP contribution >= 0.6 is 12.6 Å². The van der Waals surface area contributed by atoms with Crippen molar-refractivity contribution in [1.82, 2.24) is 9.78 Å². The molecule has 0 amide bonds. The molecule has 2 rings (SSSR count). The molecule has 17 heavy (non-hydrogen) atoms. The highest BCUT2D eigenvalue weighted by molar-refractivity contribution is 7.80. The number of nitrogens with zero attached hydrogens (tertiary/aromatic N) is 2. The van der Waals surface area contributed by atoms with Crippen LogP contribution in [0.3, 0.4) is 0 Å². The molecule has 1 aromatic rings. The van der Waals surface area contributed by atoms with Gasteiger partial charge in [-0.15, -0.1) is 0 Å². The number of aryl methyl sites for hydroxylation is 1. The van der Waals surface area contributed by atoms with Crippen molar-refractivity contribution < 1.29 is 4.74 Å². The van der Waals surface area contributed by atoms with Gasteiger partial charge < -0.3 is 4.74 Å². The fourth-order valence-electron chi connectivity index (χ4n) is 2.13. The molecule has 0 N–H and O–H groups in total. The minimum atomic E-state index is -0.0300. The van der Waals surface area contributed by atoms with E-state index in [0.29, 0.717) is 6.54 Å². The molecule has 0 unspecified atom stereocenters. The van der Waals surface area contributed by atoms with Gasteiger partial charge in [0.15, 0.2) is 0 Å². The van der Waals surface area contributed by atoms with Crippen LogP contribution in [-0.2, 0) is 11.3 Å². The molecule has 1 aliphatic heterocycles. The predicted octanol–water partition coefficient (Wildman–Crippen LogP) is 1.28. The maximum Gasteiger partial charge on any atom is 0.267 e. The highest BCUT2D eigenvalue weighted by Gasteiger charge is 2.32. The molecule has 94 valence electrons. The zero-order chi connectivity index (χ0) is 12.3. The Balaban J connectivity index is 2.20. The summed E-state index contributed by atoms with van der Waals surface area (Å²) < 4.78 is 6.92. The molecule has 5 heteroatoms. The fourth-order valence-corrected chi connectivity index (χ4v) is 2.55. The van der Waals surface area contributed by atoms with E-state index in [9.17, 15) is 4.79 Å². The molecule has 1 fully saturated rings. The lowest BCUT2D eigenvalue weighted by atomic mass is 9.82. The molecule has 0 aromatic carbocycles. The van der Waals surface area contributed by atoms with Gasteiger partial charge in [0.25, 0.3) is 5.56 Å². The standard InChI is InChI=1S/C12H18N2O2S/c1-10-6-11(15)14(13-7-10)8-12(9-17)2-4-16-5-3-12/h6-7,17H,2-5,8-9H2,1H3. The van der Waals surface area contributed by atoms with Crippen molar-refractivity contribution in [2.75, 3.05) is 19.0 Å². The Hall–Kier alpha value is -0.810. The number of aromatic nitrogens is 2. The zero-order valence-corrected chi connectivity index (χ0v) is 10.9. The Morgan fingerprint density at radius 3 is 2.82 bits per heavy atom. The lowest BCUT2D eigenvalue weighted by molar-refractivity contribution is 0.0158. The second kappa shape index (κ2) is 5.23. The van der Waals surface area contributed by atoms with Gasteiger partial charge in [-0.3, -0.25) is 4.79 Å². The van der Waals surface area contributed by atoms with Crippen molar-refractivity contribution in [3.8, 4) is 0 Å². The molecule has 2 heterocycles. The number of ether oxygens (including phenoxy) is 1. The monoisotopic (exact) mass is 254 g/mol. The molecular formula is C12H18N2O2S. The van der Waals surface area contributed by atoms with Crippen molar-refractivity contribution in [1.29, 1.82) is 0 Å². The molecule has 0 saturated carbocycles. The van der Waals surface area contributed by atoms with E-state index in [1.807, 2.05) is 6.92 Å². The summed E-state index contributed by atoms with van der Waals surface area (Å²) in [4.78, 5) is 11.8. The van der Waals surface area contributed by atoms with Crippen LogP contribution in [0.15, 0.2) is 17.1 Å². The number of hydrogen-bond donors (Lipinski definition) is 1. The van der Waals surface area contributed by atoms with Gasteiger partial charge in [0, 0.05) is 24.7 Å². The van der Waals surface area contributed by atoms with Crippen molar-refractivity contribution in [2.45, 2.75) is 26.3 Å². The predicted molar refractivity (Wildman–Crippen MR) is 69.6 cm³/mol. The van der Waals surface area contributed by atoms with Gasteiger partial charge in [-0.2, -0.15) is 17.7 Å². The summed E-state index contributed by atoms with van der Waals surface area (Å²) in [7, 11) is 0. The fraction of sp³-hybridized carbons (Fsp3) is 0.667. The van der Waals surface area contributed by atoms with Gasteiger partial charge in [0.05, 0.1) is 12.7 Å². The second-order valence-electron chi connectivity index (χ2n) is 4.80. The van der Waals surface area contributed by atoms with E-state index in [0.717, 1.165) is 37.4 Å². The van der Waals surface area contributed by atoms with Crippen LogP contribution in [0.4, 0.5) is 0 Å². The quantitative estimate of drug-likeness (QED) is 0.826. The van der Waals surface area contributed by atoms with Gasteiger partial charge >= 0.3 is 0 Å². The number of hydrogen-bond acceptors (Lipinski definition) is 4. The van der Waals surface area contributed by atoms with Gasteiger partial charge in [-0.25, -0.2) is 4.68 Å². The summed E-state index contributed by atoms with van der Waals surface area (Å²) in [6, 6.07) is 1.62. The third kappa shape index (κ3) is 2.90. The number of thiol groups is 1. The summed E-state index contributed by atoms with van der Waals surface area (Å²) in [6.45, 7) is 4.02. The highest BCUT2D eigenvalue weighted by atomic mass is 32.1. The van der Waals surface area contributed by atoms with Gasteiger partial charge in [-0.1, -0.05) is 0 Å². The van der Waals surface area contributed by atoms with Gasteiger partial charge in [0.1, 0.15) is 0 Å². The largest absolute Gasteiger partial charge is 0.381 e. The molecule has 0 aliphatic carbocycles. The Labute approximate surface area is 106 Å². The van der Waals surface area contributed by atoms with Crippen LogP contribution in [0.2, 0.25) is 0 Å². The SMILES string of the molecule is Cc1cnn(CC2(CS)CCOCC2)c(=O)c1. The Bertz CT molecular complexity index is 438. The smallest absolute Gasteiger partial charge is 0.267 e. The van der Waals surface area contributed by atoms with E-state index in [2.05, 4.69) is 17.7 Å². The summed E-state index contributed by atoms with van der Waals surface area (Å²) in [5.74, 6) is 0.762. The van der Waals surface area contributed by atoms with Crippen LogP contribution in [-0.4, -0.2) is 28.7 Å². The van der Waals surface area contributed by atoms with E-state index >= 15 is 0 Å². The molecule has 4 nitrogen and oxygen atoms in total. The zero-order valence-electron chi connectivity index (χ0n) is 10.1. The first kappa shape index (κ1) is 12.6. The van der Waals surface area contributed by atoms with Crippen LogP contribution in [0.1, 0.15) is 18.4 Å². The van der Waals surface area contributed by atoms with E-state index < -0.39 is 0 Å². The van der Waals surface area contributed by atoms with E-state index in [4.69, 9.17) is 4.74 Å². The molecule has 0 spiro atoms. The Morgan fingerprint density at radius 1 is 1.53 bits per heavy atom.